The van der Waals surface area contributed by atoms with Crippen LogP contribution in [0, 0.1) is 12.8 Å². The molecule has 14 heavy (non-hydrogen) atoms. The van der Waals surface area contributed by atoms with E-state index in [1.165, 1.54) is 0 Å². The fourth-order valence-electron chi connectivity index (χ4n) is 2.05. The van der Waals surface area contributed by atoms with E-state index in [2.05, 4.69) is 11.8 Å². The summed E-state index contributed by atoms with van der Waals surface area (Å²) in [5.41, 5.74) is -0.583. The summed E-state index contributed by atoms with van der Waals surface area (Å²) in [7, 11) is 0. The topological polar surface area (TPSA) is 40.5 Å². The third kappa shape index (κ3) is 3.39. The monoisotopic (exact) mass is 198 g/mol. The maximum Gasteiger partial charge on any atom is 0.147 e. The van der Waals surface area contributed by atoms with Gasteiger partial charge in [0.1, 0.15) is 5.78 Å². The van der Waals surface area contributed by atoms with Gasteiger partial charge in [-0.25, -0.2) is 0 Å². The number of Topliss-reactive ketones (excluding diaryl/α,β-unsaturated/α-hetero) is 1. The van der Waals surface area contributed by atoms with Gasteiger partial charge in [-0.3, -0.25) is 9.69 Å². The Labute approximate surface area is 86.1 Å². The molecular weight excluding hydrogens is 178 g/mol. The molecule has 1 heterocycles. The van der Waals surface area contributed by atoms with E-state index in [0.29, 0.717) is 12.5 Å². The Morgan fingerprint density at radius 1 is 1.50 bits per heavy atom. The van der Waals surface area contributed by atoms with Crippen molar-refractivity contribution in [2.45, 2.75) is 32.3 Å². The third-order valence-electron chi connectivity index (χ3n) is 2.99. The number of nitrogens with zero attached hydrogens (tertiary/aromatic N) is 1. The summed E-state index contributed by atoms with van der Waals surface area (Å²) < 4.78 is 0. The molecule has 0 unspecified atom stereocenters. The second-order valence-corrected chi connectivity index (χ2v) is 4.74. The van der Waals surface area contributed by atoms with Gasteiger partial charge in [0.25, 0.3) is 0 Å². The summed E-state index contributed by atoms with van der Waals surface area (Å²) in [6, 6.07) is 0. The second-order valence-electron chi connectivity index (χ2n) is 4.74. The first kappa shape index (κ1) is 11.7. The van der Waals surface area contributed by atoms with Crippen LogP contribution in [0.25, 0.3) is 0 Å². The van der Waals surface area contributed by atoms with Gasteiger partial charge in [-0.1, -0.05) is 0 Å². The van der Waals surface area contributed by atoms with E-state index in [4.69, 9.17) is 0 Å². The number of hydrogen-bond donors (Lipinski definition) is 1. The predicted octanol–water partition coefficient (Wildman–Crippen LogP) is 0.872. The number of likely N-dealkylation sites (tertiary alicyclic amines) is 1. The molecule has 3 heteroatoms. The summed E-state index contributed by atoms with van der Waals surface area (Å²) in [4.78, 5) is 12.9. The molecule has 0 aliphatic carbocycles. The lowest BCUT2D eigenvalue weighted by Crippen LogP contribution is -2.43. The molecule has 1 aliphatic heterocycles. The van der Waals surface area contributed by atoms with Gasteiger partial charge in [0.05, 0.1) is 12.1 Å². The number of aliphatic hydroxyl groups is 1. The van der Waals surface area contributed by atoms with E-state index in [9.17, 15) is 9.90 Å². The molecule has 0 saturated carbocycles. The van der Waals surface area contributed by atoms with Crippen LogP contribution in [0.4, 0.5) is 0 Å². The molecule has 0 aromatic rings. The lowest BCUT2D eigenvalue weighted by atomic mass is 9.83. The minimum Gasteiger partial charge on any atom is -0.390 e. The van der Waals surface area contributed by atoms with Crippen LogP contribution in [0.3, 0.4) is 0 Å². The van der Waals surface area contributed by atoms with Gasteiger partial charge in [0.2, 0.25) is 0 Å². The van der Waals surface area contributed by atoms with Crippen molar-refractivity contribution >= 4 is 5.78 Å². The molecule has 1 N–H and O–H groups in total. The maximum atomic E-state index is 10.8. The van der Waals surface area contributed by atoms with Crippen LogP contribution >= 0.6 is 0 Å². The molecule has 0 atom stereocenters. The predicted molar refractivity (Wildman–Crippen MR) is 55.8 cm³/mol. The van der Waals surface area contributed by atoms with Crippen molar-refractivity contribution in [3.05, 3.63) is 6.92 Å². The van der Waals surface area contributed by atoms with Crippen LogP contribution in [0.15, 0.2) is 0 Å². The first-order valence-corrected chi connectivity index (χ1v) is 5.19. The molecule has 1 saturated heterocycles. The smallest absolute Gasteiger partial charge is 0.147 e. The van der Waals surface area contributed by atoms with Gasteiger partial charge in [-0.05, 0) is 45.7 Å². The van der Waals surface area contributed by atoms with Crippen LogP contribution in [-0.2, 0) is 4.79 Å². The van der Waals surface area contributed by atoms with Crippen molar-refractivity contribution in [3.63, 3.8) is 0 Å². The third-order valence-corrected chi connectivity index (χ3v) is 2.99. The summed E-state index contributed by atoms with van der Waals surface area (Å²) in [5.74, 6) is 0.338. The molecule has 0 aromatic heterocycles. The van der Waals surface area contributed by atoms with Gasteiger partial charge < -0.3 is 5.11 Å². The van der Waals surface area contributed by atoms with E-state index in [-0.39, 0.29) is 5.78 Å². The van der Waals surface area contributed by atoms with E-state index in [0.717, 1.165) is 25.9 Å². The van der Waals surface area contributed by atoms with Crippen LogP contribution < -0.4 is 0 Å². The molecule has 1 radical (unpaired) electrons. The van der Waals surface area contributed by atoms with Crippen molar-refractivity contribution in [1.29, 1.82) is 0 Å². The first-order valence-electron chi connectivity index (χ1n) is 5.19. The van der Waals surface area contributed by atoms with E-state index in [1.54, 1.807) is 0 Å². The number of ketones is 1. The van der Waals surface area contributed by atoms with Crippen LogP contribution in [0.1, 0.15) is 26.7 Å². The lowest BCUT2D eigenvalue weighted by molar-refractivity contribution is -0.116. The molecule has 0 bridgehead atoms. The largest absolute Gasteiger partial charge is 0.390 e. The van der Waals surface area contributed by atoms with Gasteiger partial charge in [-0.15, -0.1) is 0 Å². The molecule has 0 aromatic carbocycles. The zero-order chi connectivity index (χ0) is 10.8. The highest BCUT2D eigenvalue weighted by Crippen LogP contribution is 2.27. The normalized spacial score (nSPS) is 21.1. The number of piperidine rings is 1. The number of carbonyl (C=O) groups excluding carboxylic acids is 1. The fraction of sp³-hybridized carbons (Fsp3) is 0.818. The average Bonchev–Trinajstić information content (AvgIpc) is 2.02. The zero-order valence-corrected chi connectivity index (χ0v) is 9.12. The average molecular weight is 198 g/mol. The van der Waals surface area contributed by atoms with Crippen LogP contribution in [0.5, 0.6) is 0 Å². The molecule has 81 valence electrons. The summed E-state index contributed by atoms with van der Waals surface area (Å²) in [6.45, 7) is 9.35. The Bertz CT molecular complexity index is 200. The highest BCUT2D eigenvalue weighted by atomic mass is 16.3. The van der Waals surface area contributed by atoms with Crippen molar-refractivity contribution in [2.75, 3.05) is 19.6 Å². The summed E-state index contributed by atoms with van der Waals surface area (Å²) in [5, 5.41) is 9.81. The van der Waals surface area contributed by atoms with E-state index < -0.39 is 5.60 Å². The van der Waals surface area contributed by atoms with Crippen molar-refractivity contribution < 1.29 is 9.90 Å². The van der Waals surface area contributed by atoms with Gasteiger partial charge in [-0.2, -0.15) is 0 Å². The number of carbonyl (C=O) groups is 1. The summed E-state index contributed by atoms with van der Waals surface area (Å²) >= 11 is 0. The Balaban J connectivity index is 2.35. The minimum atomic E-state index is -0.583. The molecule has 1 aliphatic rings. The minimum absolute atomic E-state index is 0.0216. The van der Waals surface area contributed by atoms with E-state index >= 15 is 0 Å². The van der Waals surface area contributed by atoms with Crippen molar-refractivity contribution in [3.8, 4) is 0 Å². The maximum absolute atomic E-state index is 10.8. The van der Waals surface area contributed by atoms with E-state index in [1.807, 2.05) is 13.8 Å². The van der Waals surface area contributed by atoms with Crippen LogP contribution in [-0.4, -0.2) is 41.0 Å². The van der Waals surface area contributed by atoms with Crippen molar-refractivity contribution in [2.24, 2.45) is 5.92 Å². The standard InChI is InChI=1S/C11H20NO2/c1-9(13)8-12-6-4-10(5-7-12)11(2,3)14/h10,14H,1,4-8H2,2-3H3. The number of rotatable bonds is 3. The summed E-state index contributed by atoms with van der Waals surface area (Å²) in [6.07, 6.45) is 1.94. The molecule has 3 nitrogen and oxygen atoms in total. The SMILES string of the molecule is [CH2]C(=O)CN1CCC(C(C)(C)O)CC1. The Kier molecular flexibility index (Phi) is 3.67. The van der Waals surface area contributed by atoms with Crippen molar-refractivity contribution in [1.82, 2.24) is 4.90 Å². The van der Waals surface area contributed by atoms with Gasteiger partial charge in [0, 0.05) is 6.92 Å². The Morgan fingerprint density at radius 3 is 2.36 bits per heavy atom. The highest BCUT2D eigenvalue weighted by molar-refractivity contribution is 5.84. The second kappa shape index (κ2) is 4.41. The fourth-order valence-corrected chi connectivity index (χ4v) is 2.05. The molecular formula is C11H20NO2. The lowest BCUT2D eigenvalue weighted by Gasteiger charge is -2.37. The quantitative estimate of drug-likeness (QED) is 0.731. The highest BCUT2D eigenvalue weighted by Gasteiger charge is 2.30. The Hall–Kier alpha value is -0.410. The molecule has 0 spiro atoms. The number of hydrogen-bond acceptors (Lipinski definition) is 3. The van der Waals surface area contributed by atoms with Gasteiger partial charge >= 0.3 is 0 Å². The molecule has 1 fully saturated rings. The zero-order valence-electron chi connectivity index (χ0n) is 9.12. The Morgan fingerprint density at radius 2 is 2.00 bits per heavy atom. The van der Waals surface area contributed by atoms with Gasteiger partial charge in [0.15, 0.2) is 0 Å². The van der Waals surface area contributed by atoms with Crippen LogP contribution in [0.2, 0.25) is 0 Å². The molecule has 1 rings (SSSR count). The first-order chi connectivity index (χ1) is 6.39. The molecule has 0 amide bonds.